The van der Waals surface area contributed by atoms with Crippen LogP contribution in [0.15, 0.2) is 116 Å². The van der Waals surface area contributed by atoms with Gasteiger partial charge in [0.15, 0.2) is 0 Å². The first-order chi connectivity index (χ1) is 24.4. The number of rotatable bonds is 5. The molecule has 0 saturated heterocycles. The molecule has 5 aromatic heterocycles. The summed E-state index contributed by atoms with van der Waals surface area (Å²) >= 11 is 0. The number of ether oxygens (including phenoxy) is 1. The zero-order valence-electron chi connectivity index (χ0n) is 28.6. The van der Waals surface area contributed by atoms with E-state index in [1.54, 1.807) is 0 Å². The summed E-state index contributed by atoms with van der Waals surface area (Å²) in [5, 5.41) is 5.26. The van der Waals surface area contributed by atoms with Crippen molar-refractivity contribution in [2.45, 2.75) is 33.1 Å². The van der Waals surface area contributed by atoms with Crippen molar-refractivity contribution in [1.29, 1.82) is 0 Å². The van der Waals surface area contributed by atoms with Gasteiger partial charge < -0.3 is 13.7 Å². The molecule has 1 aliphatic heterocycles. The van der Waals surface area contributed by atoms with Crippen LogP contribution in [0.5, 0.6) is 11.5 Å². The second-order valence-electron chi connectivity index (χ2n) is 13.9. The van der Waals surface area contributed by atoms with Gasteiger partial charge in [-0.1, -0.05) is 111 Å². The molecule has 0 bridgehead atoms. The van der Waals surface area contributed by atoms with Gasteiger partial charge in [-0.3, -0.25) is 4.98 Å². The van der Waals surface area contributed by atoms with Gasteiger partial charge in [0.05, 0.1) is 11.3 Å². The fourth-order valence-corrected chi connectivity index (χ4v) is 8.85. The molecule has 10 rings (SSSR count). The molecule has 0 spiro atoms. The van der Waals surface area contributed by atoms with Crippen LogP contribution in [0.4, 0.5) is 0 Å². The number of hydrogen-bond donors (Lipinski definition) is 0. The van der Waals surface area contributed by atoms with Gasteiger partial charge in [0, 0.05) is 52.1 Å². The molecule has 0 unspecified atom stereocenters. The van der Waals surface area contributed by atoms with Crippen LogP contribution >= 0.6 is 0 Å². The van der Waals surface area contributed by atoms with Crippen LogP contribution in [0.1, 0.15) is 38.8 Å². The minimum atomic E-state index is -0.175. The fraction of sp³-hybridized carbons (Fsp3) is 0.159. The molecular formula is C44H33N5OPd. The van der Waals surface area contributed by atoms with Gasteiger partial charge in [0.1, 0.15) is 11.5 Å². The van der Waals surface area contributed by atoms with Crippen molar-refractivity contribution in [3.05, 3.63) is 139 Å². The standard InChI is InChI=1S/C44H33N5O.Pd/c1-26(2)44(27(3)4)36-15-8-13-33-32-20-18-30(24-39(32)49(40(33)36)43-37(44)16-10-22-46-43)50-29-17-19-31-34-14-9-21-45-41(34)48-25-38(28-11-6-5-7-12-28)47-42(48)35(31)23-29;/h5-22,25-27H,1-4H3;/q-2;+2. The molecular weight excluding hydrogens is 721 g/mol. The van der Waals surface area contributed by atoms with Gasteiger partial charge >= 0.3 is 20.4 Å². The normalized spacial score (nSPS) is 13.5. The number of fused-ring (bicyclic) bond motifs is 11. The third kappa shape index (κ3) is 4.35. The van der Waals surface area contributed by atoms with Crippen molar-refractivity contribution in [2.24, 2.45) is 11.8 Å². The Kier molecular flexibility index (Phi) is 7.19. The number of aromatic nitrogens is 5. The molecule has 0 fully saturated rings. The first kappa shape index (κ1) is 31.6. The van der Waals surface area contributed by atoms with E-state index in [0.717, 1.165) is 55.4 Å². The van der Waals surface area contributed by atoms with E-state index in [4.69, 9.17) is 19.7 Å². The van der Waals surface area contributed by atoms with E-state index in [1.807, 2.05) is 48.8 Å². The molecule has 6 heterocycles. The maximum absolute atomic E-state index is 6.60. The summed E-state index contributed by atoms with van der Waals surface area (Å²) in [5.41, 5.74) is 8.14. The maximum atomic E-state index is 6.60. The summed E-state index contributed by atoms with van der Waals surface area (Å²) in [6.07, 6.45) is 5.78. The van der Waals surface area contributed by atoms with Crippen LogP contribution < -0.4 is 4.74 Å². The van der Waals surface area contributed by atoms with Gasteiger partial charge in [-0.2, -0.15) is 6.07 Å². The van der Waals surface area contributed by atoms with Crippen LogP contribution in [0.25, 0.3) is 66.3 Å². The zero-order valence-corrected chi connectivity index (χ0v) is 30.1. The summed E-state index contributed by atoms with van der Waals surface area (Å²) in [6.45, 7) is 9.35. The topological polar surface area (TPSA) is 57.2 Å². The molecule has 7 heteroatoms. The molecule has 51 heavy (non-hydrogen) atoms. The Morgan fingerprint density at radius 3 is 2.16 bits per heavy atom. The number of benzene rings is 4. The Labute approximate surface area is 309 Å². The van der Waals surface area contributed by atoms with Crippen molar-refractivity contribution in [1.82, 2.24) is 23.9 Å². The van der Waals surface area contributed by atoms with E-state index in [1.165, 1.54) is 22.0 Å². The molecule has 0 N–H and O–H groups in total. The van der Waals surface area contributed by atoms with E-state index in [0.29, 0.717) is 23.3 Å². The monoisotopic (exact) mass is 753 g/mol. The van der Waals surface area contributed by atoms with E-state index in [-0.39, 0.29) is 25.8 Å². The second-order valence-corrected chi connectivity index (χ2v) is 13.9. The van der Waals surface area contributed by atoms with E-state index >= 15 is 0 Å². The van der Waals surface area contributed by atoms with Crippen LogP contribution in [-0.2, 0) is 25.8 Å². The van der Waals surface area contributed by atoms with Gasteiger partial charge in [-0.15, -0.1) is 29.7 Å². The van der Waals surface area contributed by atoms with Crippen molar-refractivity contribution in [3.63, 3.8) is 0 Å². The first-order valence-electron chi connectivity index (χ1n) is 17.3. The molecule has 1 aliphatic rings. The average molecular weight is 754 g/mol. The maximum Gasteiger partial charge on any atom is 2.00 e. The van der Waals surface area contributed by atoms with Gasteiger partial charge in [-0.05, 0) is 40.3 Å². The third-order valence-electron chi connectivity index (χ3n) is 10.8. The Balaban J connectivity index is 0.00000348. The van der Waals surface area contributed by atoms with E-state index < -0.39 is 0 Å². The van der Waals surface area contributed by atoms with Crippen molar-refractivity contribution >= 4 is 49.3 Å². The fourth-order valence-electron chi connectivity index (χ4n) is 8.85. The molecule has 0 saturated carbocycles. The summed E-state index contributed by atoms with van der Waals surface area (Å²) in [4.78, 5) is 14.9. The van der Waals surface area contributed by atoms with Gasteiger partial charge in [0.2, 0.25) is 0 Å². The van der Waals surface area contributed by atoms with E-state index in [9.17, 15) is 0 Å². The molecule has 0 amide bonds. The number of para-hydroxylation sites is 1. The predicted octanol–water partition coefficient (Wildman–Crippen LogP) is 10.5. The molecule has 4 aromatic carbocycles. The Hall–Kier alpha value is -5.35. The Morgan fingerprint density at radius 2 is 1.35 bits per heavy atom. The van der Waals surface area contributed by atoms with Crippen molar-refractivity contribution < 1.29 is 25.2 Å². The average Bonchev–Trinajstić information content (AvgIpc) is 3.74. The second kappa shape index (κ2) is 11.6. The first-order valence-corrected chi connectivity index (χ1v) is 17.3. The molecule has 0 atom stereocenters. The van der Waals surface area contributed by atoms with Gasteiger partial charge in [0.25, 0.3) is 0 Å². The largest absolute Gasteiger partial charge is 2.00 e. The summed E-state index contributed by atoms with van der Waals surface area (Å²) < 4.78 is 11.0. The number of hydrogen-bond acceptors (Lipinski definition) is 4. The molecule has 6 nitrogen and oxygen atoms in total. The number of nitrogens with zero attached hydrogens (tertiary/aromatic N) is 5. The molecule has 0 radical (unpaired) electrons. The van der Waals surface area contributed by atoms with Crippen LogP contribution in [-0.4, -0.2) is 23.9 Å². The number of pyridine rings is 3. The molecule has 9 aromatic rings. The van der Waals surface area contributed by atoms with Crippen LogP contribution in [0, 0.1) is 24.0 Å². The quantitative estimate of drug-likeness (QED) is 0.0998. The summed E-state index contributed by atoms with van der Waals surface area (Å²) in [5.74, 6) is 2.91. The van der Waals surface area contributed by atoms with Gasteiger partial charge in [-0.25, -0.2) is 9.97 Å². The SMILES string of the molecule is CC(C)C1(C(C)C)c2cccnc2-n2c3[c-]c(Oc4[c-]c5c(cc4)c4cccnc4n4cc(-c6ccccc6)nc54)ccc3c3cccc1c32.[Pd+2]. The minimum Gasteiger partial charge on any atom is -0.503 e. The number of imidazole rings is 1. The smallest absolute Gasteiger partial charge is 0.503 e. The Bertz CT molecular complexity index is 2810. The van der Waals surface area contributed by atoms with E-state index in [2.05, 4.69) is 116 Å². The molecule has 250 valence electrons. The predicted molar refractivity (Wildman–Crippen MR) is 200 cm³/mol. The Morgan fingerprint density at radius 1 is 0.647 bits per heavy atom. The third-order valence-corrected chi connectivity index (χ3v) is 10.8. The van der Waals surface area contributed by atoms with Crippen LogP contribution in [0.2, 0.25) is 0 Å². The van der Waals surface area contributed by atoms with Crippen molar-refractivity contribution in [3.8, 4) is 28.6 Å². The zero-order chi connectivity index (χ0) is 33.7. The van der Waals surface area contributed by atoms with Crippen molar-refractivity contribution in [2.75, 3.05) is 0 Å². The summed E-state index contributed by atoms with van der Waals surface area (Å²) in [6, 6.07) is 40.8. The molecule has 0 aliphatic carbocycles. The summed E-state index contributed by atoms with van der Waals surface area (Å²) in [7, 11) is 0. The van der Waals surface area contributed by atoms with Crippen LogP contribution in [0.3, 0.4) is 0 Å². The minimum absolute atomic E-state index is 0.